The van der Waals surface area contributed by atoms with Gasteiger partial charge < -0.3 is 14.8 Å². The second-order valence-electron chi connectivity index (χ2n) is 6.17. The van der Waals surface area contributed by atoms with Crippen molar-refractivity contribution in [1.29, 1.82) is 0 Å². The highest BCUT2D eigenvalue weighted by Gasteiger charge is 2.32. The van der Waals surface area contributed by atoms with Gasteiger partial charge in [0.2, 0.25) is 5.91 Å². The number of hydrogen-bond acceptors (Lipinski definition) is 4. The monoisotopic (exact) mass is 365 g/mol. The Kier molecular flexibility index (Phi) is 4.39. The van der Waals surface area contributed by atoms with Crippen molar-refractivity contribution in [2.75, 3.05) is 19.5 Å². The van der Waals surface area contributed by atoms with Crippen molar-refractivity contribution in [2.24, 2.45) is 0 Å². The van der Waals surface area contributed by atoms with E-state index in [-0.39, 0.29) is 11.8 Å². The van der Waals surface area contributed by atoms with E-state index in [1.807, 2.05) is 36.4 Å². The minimum atomic E-state index is -0.0259. The Morgan fingerprint density at radius 3 is 2.62 bits per heavy atom. The highest BCUT2D eigenvalue weighted by atomic mass is 32.1. The van der Waals surface area contributed by atoms with E-state index in [0.29, 0.717) is 6.42 Å². The molecular formula is C21H19NO3S. The number of carbonyl (C=O) groups is 1. The largest absolute Gasteiger partial charge is 0.497 e. The van der Waals surface area contributed by atoms with Crippen LogP contribution >= 0.6 is 11.3 Å². The predicted molar refractivity (Wildman–Crippen MR) is 104 cm³/mol. The van der Waals surface area contributed by atoms with Gasteiger partial charge >= 0.3 is 0 Å². The van der Waals surface area contributed by atoms with Crippen LogP contribution in [0.15, 0.2) is 53.9 Å². The maximum atomic E-state index is 12.4. The molecule has 0 aliphatic carbocycles. The Morgan fingerprint density at radius 2 is 1.88 bits per heavy atom. The lowest BCUT2D eigenvalue weighted by Gasteiger charge is -2.25. The molecule has 0 spiro atoms. The Morgan fingerprint density at radius 1 is 1.08 bits per heavy atom. The van der Waals surface area contributed by atoms with Gasteiger partial charge in [-0.3, -0.25) is 4.79 Å². The van der Waals surface area contributed by atoms with Crippen molar-refractivity contribution in [3.63, 3.8) is 0 Å². The molecule has 1 N–H and O–H groups in total. The van der Waals surface area contributed by atoms with E-state index in [9.17, 15) is 4.79 Å². The molecule has 0 bridgehead atoms. The first kappa shape index (κ1) is 16.7. The summed E-state index contributed by atoms with van der Waals surface area (Å²) in [5.41, 5.74) is 4.09. The SMILES string of the molecule is COc1ccc(C2CC(=O)Nc3c(-c4ccccc4)csc32)c(OC)c1. The molecule has 0 saturated heterocycles. The molecule has 26 heavy (non-hydrogen) atoms. The molecule has 1 aliphatic rings. The number of anilines is 1. The molecule has 0 fully saturated rings. The van der Waals surface area contributed by atoms with Crippen LogP contribution in [0.4, 0.5) is 5.69 Å². The van der Waals surface area contributed by atoms with Gasteiger partial charge in [-0.25, -0.2) is 0 Å². The molecule has 5 heteroatoms. The molecule has 4 rings (SSSR count). The van der Waals surface area contributed by atoms with E-state index in [4.69, 9.17) is 9.47 Å². The van der Waals surface area contributed by atoms with Crippen molar-refractivity contribution in [1.82, 2.24) is 0 Å². The van der Waals surface area contributed by atoms with Crippen LogP contribution in [0.1, 0.15) is 22.8 Å². The maximum absolute atomic E-state index is 12.4. The third kappa shape index (κ3) is 2.84. The van der Waals surface area contributed by atoms with Gasteiger partial charge in [0.15, 0.2) is 0 Å². The van der Waals surface area contributed by atoms with Gasteiger partial charge in [0.25, 0.3) is 0 Å². The number of carbonyl (C=O) groups excluding carboxylic acids is 1. The van der Waals surface area contributed by atoms with Gasteiger partial charge in [-0.1, -0.05) is 36.4 Å². The van der Waals surface area contributed by atoms with Gasteiger partial charge in [0.1, 0.15) is 11.5 Å². The summed E-state index contributed by atoms with van der Waals surface area (Å²) in [6.07, 6.45) is 0.407. The number of thiophene rings is 1. The van der Waals surface area contributed by atoms with Crippen LogP contribution in [0.5, 0.6) is 11.5 Å². The topological polar surface area (TPSA) is 47.6 Å². The Labute approximate surface area is 156 Å². The predicted octanol–water partition coefficient (Wildman–Crippen LogP) is 4.91. The average Bonchev–Trinajstić information content (AvgIpc) is 3.11. The first-order chi connectivity index (χ1) is 12.7. The van der Waals surface area contributed by atoms with Gasteiger partial charge in [0, 0.05) is 39.8 Å². The number of amides is 1. The number of rotatable bonds is 4. The quantitative estimate of drug-likeness (QED) is 0.715. The molecule has 1 atom stereocenters. The molecule has 1 aliphatic heterocycles. The number of benzene rings is 2. The molecule has 0 saturated carbocycles. The molecule has 0 radical (unpaired) electrons. The zero-order valence-corrected chi connectivity index (χ0v) is 15.4. The van der Waals surface area contributed by atoms with E-state index in [1.165, 1.54) is 0 Å². The fourth-order valence-corrected chi connectivity index (χ4v) is 4.57. The Balaban J connectivity index is 1.82. The van der Waals surface area contributed by atoms with E-state index in [0.717, 1.165) is 38.8 Å². The van der Waals surface area contributed by atoms with Crippen molar-refractivity contribution >= 4 is 22.9 Å². The molecule has 1 amide bonds. The standard InChI is InChI=1S/C21H19NO3S/c1-24-14-8-9-15(18(10-14)25-2)16-11-19(23)22-20-17(12-26-21(16)20)13-6-4-3-5-7-13/h3-10,12,16H,11H2,1-2H3,(H,22,23). The van der Waals surface area contributed by atoms with Crippen LogP contribution in [-0.2, 0) is 4.79 Å². The summed E-state index contributed by atoms with van der Waals surface area (Å²) >= 11 is 1.68. The molecule has 4 nitrogen and oxygen atoms in total. The summed E-state index contributed by atoms with van der Waals surface area (Å²) < 4.78 is 10.9. The number of methoxy groups -OCH3 is 2. The van der Waals surface area contributed by atoms with Crippen molar-refractivity contribution < 1.29 is 14.3 Å². The number of hydrogen-bond donors (Lipinski definition) is 1. The van der Waals surface area contributed by atoms with Crippen molar-refractivity contribution in [2.45, 2.75) is 12.3 Å². The highest BCUT2D eigenvalue weighted by Crippen LogP contribution is 2.48. The third-order valence-electron chi connectivity index (χ3n) is 4.69. The summed E-state index contributed by atoms with van der Waals surface area (Å²) in [6, 6.07) is 15.9. The zero-order chi connectivity index (χ0) is 18.1. The number of ether oxygens (including phenoxy) is 2. The summed E-state index contributed by atoms with van der Waals surface area (Å²) in [7, 11) is 3.28. The van der Waals surface area contributed by atoms with E-state index < -0.39 is 0 Å². The van der Waals surface area contributed by atoms with Crippen LogP contribution in [0.3, 0.4) is 0 Å². The number of fused-ring (bicyclic) bond motifs is 1. The molecule has 3 aromatic rings. The molecule has 1 aromatic heterocycles. The minimum Gasteiger partial charge on any atom is -0.497 e. The zero-order valence-electron chi connectivity index (χ0n) is 14.6. The van der Waals surface area contributed by atoms with Crippen molar-refractivity contribution in [3.05, 3.63) is 64.4 Å². The molecule has 2 heterocycles. The van der Waals surface area contributed by atoms with Crippen LogP contribution in [0.2, 0.25) is 0 Å². The fraction of sp³-hybridized carbons (Fsp3) is 0.190. The second-order valence-corrected chi connectivity index (χ2v) is 7.08. The second kappa shape index (κ2) is 6.84. The smallest absolute Gasteiger partial charge is 0.225 e. The lowest BCUT2D eigenvalue weighted by atomic mass is 9.88. The van der Waals surface area contributed by atoms with Gasteiger partial charge in [0.05, 0.1) is 19.9 Å². The lowest BCUT2D eigenvalue weighted by molar-refractivity contribution is -0.116. The third-order valence-corrected chi connectivity index (χ3v) is 5.79. The van der Waals surface area contributed by atoms with E-state index in [2.05, 4.69) is 22.8 Å². The summed E-state index contributed by atoms with van der Waals surface area (Å²) in [5.74, 6) is 1.48. The molecule has 2 aromatic carbocycles. The lowest BCUT2D eigenvalue weighted by Crippen LogP contribution is -2.22. The Bertz CT molecular complexity index is 949. The molecule has 132 valence electrons. The molecular weight excluding hydrogens is 346 g/mol. The van der Waals surface area contributed by atoms with Crippen LogP contribution in [0.25, 0.3) is 11.1 Å². The normalized spacial score (nSPS) is 15.9. The van der Waals surface area contributed by atoms with Crippen LogP contribution in [-0.4, -0.2) is 20.1 Å². The first-order valence-corrected chi connectivity index (χ1v) is 9.27. The summed E-state index contributed by atoms with van der Waals surface area (Å²) in [6.45, 7) is 0. The van der Waals surface area contributed by atoms with Crippen molar-refractivity contribution in [3.8, 4) is 22.6 Å². The summed E-state index contributed by atoms with van der Waals surface area (Å²) in [5, 5.41) is 5.19. The van der Waals surface area contributed by atoms with E-state index in [1.54, 1.807) is 25.6 Å². The van der Waals surface area contributed by atoms with Gasteiger partial charge in [-0.05, 0) is 11.6 Å². The minimum absolute atomic E-state index is 0.0240. The van der Waals surface area contributed by atoms with Crippen LogP contribution in [0, 0.1) is 0 Å². The maximum Gasteiger partial charge on any atom is 0.225 e. The highest BCUT2D eigenvalue weighted by molar-refractivity contribution is 7.11. The number of nitrogens with one attached hydrogen (secondary N) is 1. The van der Waals surface area contributed by atoms with Gasteiger partial charge in [-0.2, -0.15) is 0 Å². The first-order valence-electron chi connectivity index (χ1n) is 8.40. The average molecular weight is 365 g/mol. The Hall–Kier alpha value is -2.79. The fourth-order valence-electron chi connectivity index (χ4n) is 3.41. The van der Waals surface area contributed by atoms with Gasteiger partial charge in [-0.15, -0.1) is 11.3 Å². The molecule has 1 unspecified atom stereocenters. The summed E-state index contributed by atoms with van der Waals surface area (Å²) in [4.78, 5) is 13.6. The van der Waals surface area contributed by atoms with Crippen LogP contribution < -0.4 is 14.8 Å². The van der Waals surface area contributed by atoms with E-state index >= 15 is 0 Å².